The minimum Gasteiger partial charge on any atom is -0.393 e. The third kappa shape index (κ3) is 4.58. The highest BCUT2D eigenvalue weighted by atomic mass is 35.5. The zero-order valence-electron chi connectivity index (χ0n) is 14.3. The zero-order valence-corrected chi connectivity index (χ0v) is 15.8. The number of hydrazine groups is 1. The Kier molecular flexibility index (Phi) is 5.63. The molecule has 0 saturated carbocycles. The second kappa shape index (κ2) is 8.11. The molecular formula is C18H16Cl2N6O. The van der Waals surface area contributed by atoms with Crippen molar-refractivity contribution in [2.75, 3.05) is 16.5 Å². The molecule has 1 heterocycles. The summed E-state index contributed by atoms with van der Waals surface area (Å²) in [6, 6.07) is 12.2. The van der Waals surface area contributed by atoms with E-state index in [0.29, 0.717) is 27.1 Å². The molecule has 0 aliphatic heterocycles. The van der Waals surface area contributed by atoms with E-state index in [2.05, 4.69) is 26.1 Å². The van der Waals surface area contributed by atoms with Gasteiger partial charge in [0.1, 0.15) is 12.0 Å². The number of nitrogens with one attached hydrogen (secondary N) is 3. The third-order valence-corrected chi connectivity index (χ3v) is 4.41. The number of anilines is 4. The second-order valence-electron chi connectivity index (χ2n) is 5.68. The summed E-state index contributed by atoms with van der Waals surface area (Å²) in [5.74, 6) is 0.301. The molecule has 0 aliphatic rings. The Balaban J connectivity index is 1.71. The molecule has 0 fully saturated rings. The van der Waals surface area contributed by atoms with Crippen LogP contribution in [0.5, 0.6) is 0 Å². The smallest absolute Gasteiger partial charge is 0.269 e. The highest BCUT2D eigenvalue weighted by Gasteiger charge is 2.11. The number of nitrogen functional groups attached to an aromatic ring is 1. The van der Waals surface area contributed by atoms with Gasteiger partial charge in [-0.3, -0.25) is 15.6 Å². The summed E-state index contributed by atoms with van der Waals surface area (Å²) in [6.45, 7) is 1.95. The quantitative estimate of drug-likeness (QED) is 0.477. The fourth-order valence-electron chi connectivity index (χ4n) is 2.20. The number of hydrogen-bond acceptors (Lipinski definition) is 6. The average Bonchev–Trinajstić information content (AvgIpc) is 2.66. The number of hydrogen-bond donors (Lipinski definition) is 4. The lowest BCUT2D eigenvalue weighted by molar-refractivity contribution is 0.0962. The minimum atomic E-state index is -0.313. The van der Waals surface area contributed by atoms with E-state index >= 15 is 0 Å². The number of carbonyl (C=O) groups is 1. The lowest BCUT2D eigenvalue weighted by Crippen LogP contribution is -2.30. The summed E-state index contributed by atoms with van der Waals surface area (Å²) in [5.41, 5.74) is 13.8. The fourth-order valence-corrected chi connectivity index (χ4v) is 2.50. The van der Waals surface area contributed by atoms with Gasteiger partial charge in [0.25, 0.3) is 5.91 Å². The molecule has 3 aromatic rings. The molecule has 138 valence electrons. The van der Waals surface area contributed by atoms with E-state index in [9.17, 15) is 4.79 Å². The van der Waals surface area contributed by atoms with Crippen LogP contribution in [0.15, 0.2) is 48.8 Å². The molecule has 2 aromatic carbocycles. The Morgan fingerprint density at radius 3 is 2.41 bits per heavy atom. The monoisotopic (exact) mass is 402 g/mol. The van der Waals surface area contributed by atoms with Gasteiger partial charge in [-0.2, -0.15) is 0 Å². The number of aryl methyl sites for hydroxylation is 1. The van der Waals surface area contributed by atoms with Gasteiger partial charge in [-0.15, -0.1) is 0 Å². The van der Waals surface area contributed by atoms with E-state index in [4.69, 9.17) is 28.9 Å². The minimum absolute atomic E-state index is 0.229. The molecule has 9 heteroatoms. The predicted octanol–water partition coefficient (Wildman–Crippen LogP) is 4.17. The summed E-state index contributed by atoms with van der Waals surface area (Å²) in [7, 11) is 0. The topological polar surface area (TPSA) is 105 Å². The fraction of sp³-hybridized carbons (Fsp3) is 0.0556. The second-order valence-corrected chi connectivity index (χ2v) is 6.50. The molecule has 1 aromatic heterocycles. The van der Waals surface area contributed by atoms with Crippen molar-refractivity contribution in [2.45, 2.75) is 6.92 Å². The molecule has 7 nitrogen and oxygen atoms in total. The standard InChI is InChI=1S/C18H16Cl2N6O/c1-10-2-4-11(5-3-10)18(27)26-25-17-15(21)16(22-9-23-17)24-12-6-7-13(19)14(20)8-12/h2-9H,21H2,1H3,(H,26,27)(H2,22,23,24,25). The summed E-state index contributed by atoms with van der Waals surface area (Å²) < 4.78 is 0. The van der Waals surface area contributed by atoms with Crippen LogP contribution in [-0.2, 0) is 0 Å². The first kappa shape index (κ1) is 18.8. The van der Waals surface area contributed by atoms with Gasteiger partial charge in [-0.05, 0) is 37.3 Å². The van der Waals surface area contributed by atoms with Gasteiger partial charge in [0.2, 0.25) is 0 Å². The molecule has 3 rings (SSSR count). The van der Waals surface area contributed by atoms with Crippen LogP contribution in [-0.4, -0.2) is 15.9 Å². The van der Waals surface area contributed by atoms with Crippen LogP contribution in [0.1, 0.15) is 15.9 Å². The van der Waals surface area contributed by atoms with Gasteiger partial charge in [-0.1, -0.05) is 40.9 Å². The van der Waals surface area contributed by atoms with Crippen molar-refractivity contribution in [3.63, 3.8) is 0 Å². The first-order valence-corrected chi connectivity index (χ1v) is 8.65. The number of carbonyl (C=O) groups excluding carboxylic acids is 1. The van der Waals surface area contributed by atoms with Gasteiger partial charge >= 0.3 is 0 Å². The molecule has 0 saturated heterocycles. The van der Waals surface area contributed by atoms with Crippen molar-refractivity contribution in [1.29, 1.82) is 0 Å². The number of amides is 1. The maximum atomic E-state index is 12.2. The summed E-state index contributed by atoms with van der Waals surface area (Å²) >= 11 is 11.9. The number of rotatable bonds is 5. The van der Waals surface area contributed by atoms with Gasteiger partial charge in [0.05, 0.1) is 10.0 Å². The van der Waals surface area contributed by atoms with Crippen LogP contribution in [0.25, 0.3) is 0 Å². The SMILES string of the molecule is Cc1ccc(C(=O)NNc2ncnc(Nc3ccc(Cl)c(Cl)c3)c2N)cc1. The molecule has 0 spiro atoms. The van der Waals surface area contributed by atoms with Crippen LogP contribution < -0.4 is 21.9 Å². The highest BCUT2D eigenvalue weighted by Crippen LogP contribution is 2.29. The number of nitrogens with two attached hydrogens (primary N) is 1. The molecule has 0 unspecified atom stereocenters. The molecule has 0 aliphatic carbocycles. The Morgan fingerprint density at radius 1 is 1.00 bits per heavy atom. The van der Waals surface area contributed by atoms with E-state index in [1.807, 2.05) is 19.1 Å². The maximum absolute atomic E-state index is 12.2. The van der Waals surface area contributed by atoms with Crippen LogP contribution in [0, 0.1) is 6.92 Å². The molecule has 27 heavy (non-hydrogen) atoms. The molecule has 5 N–H and O–H groups in total. The van der Waals surface area contributed by atoms with Crippen LogP contribution >= 0.6 is 23.2 Å². The van der Waals surface area contributed by atoms with Crippen molar-refractivity contribution in [3.8, 4) is 0 Å². The first-order valence-electron chi connectivity index (χ1n) is 7.89. The van der Waals surface area contributed by atoms with Crippen LogP contribution in [0.4, 0.5) is 23.0 Å². The van der Waals surface area contributed by atoms with Gasteiger partial charge in [0.15, 0.2) is 11.6 Å². The lowest BCUT2D eigenvalue weighted by Gasteiger charge is -2.13. The van der Waals surface area contributed by atoms with E-state index in [0.717, 1.165) is 5.56 Å². The Hall–Kier alpha value is -3.03. The Bertz CT molecular complexity index is 978. The predicted molar refractivity (Wildman–Crippen MR) is 108 cm³/mol. The number of halogens is 2. The summed E-state index contributed by atoms with van der Waals surface area (Å²) in [4.78, 5) is 20.3. The zero-order chi connectivity index (χ0) is 19.4. The van der Waals surface area contributed by atoms with Gasteiger partial charge < -0.3 is 11.1 Å². The first-order chi connectivity index (χ1) is 12.9. The van der Waals surface area contributed by atoms with Gasteiger partial charge in [0, 0.05) is 11.3 Å². The molecule has 0 atom stereocenters. The normalized spacial score (nSPS) is 10.3. The number of benzene rings is 2. The number of nitrogens with zero attached hydrogens (tertiary/aromatic N) is 2. The van der Waals surface area contributed by atoms with E-state index in [1.165, 1.54) is 6.33 Å². The number of aromatic nitrogens is 2. The third-order valence-electron chi connectivity index (χ3n) is 3.67. The van der Waals surface area contributed by atoms with Crippen molar-refractivity contribution in [1.82, 2.24) is 15.4 Å². The Morgan fingerprint density at radius 2 is 1.70 bits per heavy atom. The van der Waals surface area contributed by atoms with Crippen molar-refractivity contribution >= 4 is 52.1 Å². The van der Waals surface area contributed by atoms with E-state index in [-0.39, 0.29) is 17.4 Å². The van der Waals surface area contributed by atoms with Gasteiger partial charge in [-0.25, -0.2) is 9.97 Å². The Labute approximate surface area is 165 Å². The summed E-state index contributed by atoms with van der Waals surface area (Å²) in [5, 5.41) is 3.88. The van der Waals surface area contributed by atoms with Crippen molar-refractivity contribution in [2.24, 2.45) is 0 Å². The maximum Gasteiger partial charge on any atom is 0.269 e. The summed E-state index contributed by atoms with van der Waals surface area (Å²) in [6.07, 6.45) is 1.32. The van der Waals surface area contributed by atoms with E-state index in [1.54, 1.807) is 30.3 Å². The van der Waals surface area contributed by atoms with Crippen LogP contribution in [0.3, 0.4) is 0 Å². The molecule has 0 radical (unpaired) electrons. The van der Waals surface area contributed by atoms with Crippen molar-refractivity contribution < 1.29 is 4.79 Å². The highest BCUT2D eigenvalue weighted by molar-refractivity contribution is 6.42. The van der Waals surface area contributed by atoms with E-state index < -0.39 is 0 Å². The molecule has 1 amide bonds. The average molecular weight is 403 g/mol. The van der Waals surface area contributed by atoms with Crippen molar-refractivity contribution in [3.05, 3.63) is 70.0 Å². The largest absolute Gasteiger partial charge is 0.393 e. The lowest BCUT2D eigenvalue weighted by atomic mass is 10.1. The van der Waals surface area contributed by atoms with Crippen LogP contribution in [0.2, 0.25) is 10.0 Å². The molecule has 0 bridgehead atoms. The molecular weight excluding hydrogens is 387 g/mol.